The monoisotopic (exact) mass is 262 g/mol. The molecule has 0 saturated heterocycles. The molecule has 0 bridgehead atoms. The maximum atomic E-state index is 5.76. The van der Waals surface area contributed by atoms with Gasteiger partial charge in [-0.05, 0) is 24.3 Å². The van der Waals surface area contributed by atoms with E-state index in [1.807, 2.05) is 36.7 Å². The first-order chi connectivity index (χ1) is 8.74. The fourth-order valence-corrected chi connectivity index (χ4v) is 2.27. The summed E-state index contributed by atoms with van der Waals surface area (Å²) >= 11 is 1.76. The summed E-state index contributed by atoms with van der Waals surface area (Å²) in [7, 11) is 0. The second-order valence-electron chi connectivity index (χ2n) is 4.38. The van der Waals surface area contributed by atoms with E-state index in [0.717, 1.165) is 23.8 Å². The van der Waals surface area contributed by atoms with E-state index in [2.05, 4.69) is 24.1 Å². The molecule has 0 radical (unpaired) electrons. The molecule has 0 fully saturated rings. The zero-order chi connectivity index (χ0) is 12.8. The lowest BCUT2D eigenvalue weighted by Gasteiger charge is -2.05. The average Bonchev–Trinajstić information content (AvgIpc) is 2.83. The molecule has 0 unspecified atom stereocenters. The van der Waals surface area contributed by atoms with Gasteiger partial charge >= 0.3 is 0 Å². The number of hydrogen-bond acceptors (Lipinski definition) is 4. The molecule has 18 heavy (non-hydrogen) atoms. The van der Waals surface area contributed by atoms with Crippen molar-refractivity contribution >= 4 is 11.8 Å². The van der Waals surface area contributed by atoms with Gasteiger partial charge in [-0.1, -0.05) is 13.8 Å². The summed E-state index contributed by atoms with van der Waals surface area (Å²) in [4.78, 5) is 5.21. The van der Waals surface area contributed by atoms with E-state index in [4.69, 9.17) is 4.42 Å². The fraction of sp³-hybridized carbons (Fsp3) is 0.357. The third-order valence-electron chi connectivity index (χ3n) is 2.43. The van der Waals surface area contributed by atoms with Crippen LogP contribution in [-0.2, 0) is 12.3 Å². The van der Waals surface area contributed by atoms with Gasteiger partial charge in [-0.15, -0.1) is 11.8 Å². The van der Waals surface area contributed by atoms with Crippen LogP contribution < -0.4 is 5.32 Å². The zero-order valence-electron chi connectivity index (χ0n) is 10.7. The molecule has 0 aliphatic rings. The van der Waals surface area contributed by atoms with Crippen LogP contribution in [0.4, 0.5) is 0 Å². The van der Waals surface area contributed by atoms with Gasteiger partial charge in [-0.3, -0.25) is 4.98 Å². The van der Waals surface area contributed by atoms with Crippen LogP contribution in [0.1, 0.15) is 25.4 Å². The fourth-order valence-electron chi connectivity index (χ4n) is 1.49. The zero-order valence-corrected chi connectivity index (χ0v) is 11.5. The van der Waals surface area contributed by atoms with Gasteiger partial charge in [0, 0.05) is 23.3 Å². The molecule has 0 spiro atoms. The molecular formula is C14H18N2OS. The van der Waals surface area contributed by atoms with Gasteiger partial charge in [-0.2, -0.15) is 0 Å². The Morgan fingerprint density at radius 3 is 2.61 bits per heavy atom. The number of nitrogens with zero attached hydrogens (tertiary/aromatic N) is 1. The van der Waals surface area contributed by atoms with Crippen molar-refractivity contribution in [1.82, 2.24) is 10.3 Å². The summed E-state index contributed by atoms with van der Waals surface area (Å²) in [5.74, 6) is 2.86. The molecule has 3 nitrogen and oxygen atoms in total. The van der Waals surface area contributed by atoms with Crippen LogP contribution >= 0.6 is 11.8 Å². The van der Waals surface area contributed by atoms with E-state index in [1.54, 1.807) is 11.8 Å². The number of thioether (sulfide) groups is 1. The van der Waals surface area contributed by atoms with Gasteiger partial charge in [0.15, 0.2) is 0 Å². The summed E-state index contributed by atoms with van der Waals surface area (Å²) in [6, 6.07) is 8.58. The van der Waals surface area contributed by atoms with Crippen molar-refractivity contribution in [3.8, 4) is 0 Å². The summed E-state index contributed by atoms with van der Waals surface area (Å²) in [5.41, 5.74) is 0. The molecule has 0 saturated carbocycles. The molecule has 2 aromatic rings. The predicted molar refractivity (Wildman–Crippen MR) is 74.5 cm³/mol. The second-order valence-corrected chi connectivity index (χ2v) is 5.42. The standard InChI is InChI=1S/C14H18N2OS/c1-11(2)16-9-12-3-4-13(17-12)10-18-14-5-7-15-8-6-14/h3-8,11,16H,9-10H2,1-2H3. The Labute approximate surface area is 112 Å². The van der Waals surface area contributed by atoms with Gasteiger partial charge in [0.2, 0.25) is 0 Å². The Kier molecular flexibility index (Phi) is 4.84. The van der Waals surface area contributed by atoms with E-state index in [-0.39, 0.29) is 0 Å². The highest BCUT2D eigenvalue weighted by atomic mass is 32.2. The minimum absolute atomic E-state index is 0.477. The van der Waals surface area contributed by atoms with Gasteiger partial charge in [-0.25, -0.2) is 0 Å². The summed E-state index contributed by atoms with van der Waals surface area (Å²) in [6.07, 6.45) is 3.62. The lowest BCUT2D eigenvalue weighted by atomic mass is 10.3. The number of pyridine rings is 1. The van der Waals surface area contributed by atoms with Crippen LogP contribution in [0.15, 0.2) is 46.0 Å². The lowest BCUT2D eigenvalue weighted by molar-refractivity contribution is 0.445. The van der Waals surface area contributed by atoms with Crippen LogP contribution in [0, 0.1) is 0 Å². The highest BCUT2D eigenvalue weighted by molar-refractivity contribution is 7.98. The maximum Gasteiger partial charge on any atom is 0.118 e. The number of nitrogens with one attached hydrogen (secondary N) is 1. The molecule has 2 heterocycles. The molecule has 0 aromatic carbocycles. The van der Waals surface area contributed by atoms with E-state index in [9.17, 15) is 0 Å². The average molecular weight is 262 g/mol. The molecule has 1 N–H and O–H groups in total. The van der Waals surface area contributed by atoms with E-state index < -0.39 is 0 Å². The SMILES string of the molecule is CC(C)NCc1ccc(CSc2ccncc2)o1. The molecule has 2 aromatic heterocycles. The Bertz CT molecular complexity index is 468. The minimum Gasteiger partial charge on any atom is -0.464 e. The van der Waals surface area contributed by atoms with E-state index in [0.29, 0.717) is 6.04 Å². The molecule has 0 amide bonds. The summed E-state index contributed by atoms with van der Waals surface area (Å²) in [6.45, 7) is 5.05. The normalized spacial score (nSPS) is 11.1. The first kappa shape index (κ1) is 13.2. The van der Waals surface area contributed by atoms with E-state index in [1.165, 1.54) is 4.90 Å². The lowest BCUT2D eigenvalue weighted by Crippen LogP contribution is -2.21. The van der Waals surface area contributed by atoms with Crippen molar-refractivity contribution in [1.29, 1.82) is 0 Å². The third-order valence-corrected chi connectivity index (χ3v) is 3.47. The third kappa shape index (κ3) is 4.20. The highest BCUT2D eigenvalue weighted by Gasteiger charge is 2.03. The second kappa shape index (κ2) is 6.61. The number of rotatable bonds is 6. The Balaban J connectivity index is 1.83. The van der Waals surface area contributed by atoms with Crippen molar-refractivity contribution in [2.45, 2.75) is 37.1 Å². The predicted octanol–water partition coefficient (Wildman–Crippen LogP) is 3.46. The largest absolute Gasteiger partial charge is 0.464 e. The van der Waals surface area contributed by atoms with Gasteiger partial charge < -0.3 is 9.73 Å². The van der Waals surface area contributed by atoms with Crippen molar-refractivity contribution < 1.29 is 4.42 Å². The summed E-state index contributed by atoms with van der Waals surface area (Å²) < 4.78 is 5.76. The van der Waals surface area contributed by atoms with Crippen LogP contribution in [0.25, 0.3) is 0 Å². The molecular weight excluding hydrogens is 244 g/mol. The maximum absolute atomic E-state index is 5.76. The van der Waals surface area contributed by atoms with Crippen molar-refractivity contribution in [3.05, 3.63) is 48.2 Å². The first-order valence-electron chi connectivity index (χ1n) is 6.08. The highest BCUT2D eigenvalue weighted by Crippen LogP contribution is 2.22. The topological polar surface area (TPSA) is 38.1 Å². The molecule has 4 heteroatoms. The Morgan fingerprint density at radius 2 is 1.89 bits per heavy atom. The van der Waals surface area contributed by atoms with Crippen LogP contribution in [0.3, 0.4) is 0 Å². The quantitative estimate of drug-likeness (QED) is 0.809. The molecule has 2 rings (SSSR count). The smallest absolute Gasteiger partial charge is 0.118 e. The van der Waals surface area contributed by atoms with Crippen LogP contribution in [-0.4, -0.2) is 11.0 Å². The molecule has 96 valence electrons. The van der Waals surface area contributed by atoms with Crippen molar-refractivity contribution in [2.75, 3.05) is 0 Å². The number of furan rings is 1. The molecule has 0 aliphatic heterocycles. The van der Waals surface area contributed by atoms with Crippen LogP contribution in [0.2, 0.25) is 0 Å². The number of aromatic nitrogens is 1. The Hall–Kier alpha value is -1.26. The number of hydrogen-bond donors (Lipinski definition) is 1. The van der Waals surface area contributed by atoms with Gasteiger partial charge in [0.1, 0.15) is 11.5 Å². The van der Waals surface area contributed by atoms with Crippen molar-refractivity contribution in [3.63, 3.8) is 0 Å². The first-order valence-corrected chi connectivity index (χ1v) is 7.06. The van der Waals surface area contributed by atoms with Gasteiger partial charge in [0.05, 0.1) is 12.3 Å². The van der Waals surface area contributed by atoms with Gasteiger partial charge in [0.25, 0.3) is 0 Å². The van der Waals surface area contributed by atoms with Crippen LogP contribution in [0.5, 0.6) is 0 Å². The van der Waals surface area contributed by atoms with Crippen molar-refractivity contribution in [2.24, 2.45) is 0 Å². The van der Waals surface area contributed by atoms with E-state index >= 15 is 0 Å². The summed E-state index contributed by atoms with van der Waals surface area (Å²) in [5, 5.41) is 3.34. The molecule has 0 aliphatic carbocycles. The Morgan fingerprint density at radius 1 is 1.17 bits per heavy atom. The molecule has 0 atom stereocenters. The minimum atomic E-state index is 0.477.